The molecular formula is C14H27NO. The Morgan fingerprint density at radius 3 is 1.81 bits per heavy atom. The Balaban J connectivity index is 4.77. The lowest BCUT2D eigenvalue weighted by atomic mass is 9.81. The summed E-state index contributed by atoms with van der Waals surface area (Å²) in [6.45, 7) is 15.2. The molecule has 0 bridgehead atoms. The molecule has 0 unspecified atom stereocenters. The van der Waals surface area contributed by atoms with Gasteiger partial charge in [0, 0.05) is 29.5 Å². The molecule has 2 heteroatoms. The molecule has 0 N–H and O–H groups in total. The maximum atomic E-state index is 12.0. The quantitative estimate of drug-likeness (QED) is 0.667. The minimum atomic E-state index is -0.266. The molecule has 2 nitrogen and oxygen atoms in total. The lowest BCUT2D eigenvalue weighted by Gasteiger charge is -2.24. The summed E-state index contributed by atoms with van der Waals surface area (Å²) in [6.07, 6.45) is 1.52. The van der Waals surface area contributed by atoms with Crippen LogP contribution in [0.4, 0.5) is 0 Å². The molecule has 0 atom stereocenters. The normalized spacial score (nSPS) is 14.1. The van der Waals surface area contributed by atoms with Gasteiger partial charge in [-0.05, 0) is 6.42 Å². The van der Waals surface area contributed by atoms with E-state index in [1.807, 2.05) is 20.8 Å². The first-order valence-corrected chi connectivity index (χ1v) is 6.16. The van der Waals surface area contributed by atoms with Crippen molar-refractivity contribution in [1.29, 1.82) is 0 Å². The molecule has 0 aliphatic heterocycles. The van der Waals surface area contributed by atoms with E-state index in [2.05, 4.69) is 32.7 Å². The van der Waals surface area contributed by atoms with Crippen LogP contribution in [0.15, 0.2) is 4.99 Å². The van der Waals surface area contributed by atoms with E-state index in [1.165, 1.54) is 0 Å². The molecule has 0 spiro atoms. The number of nitrogens with zero attached hydrogens (tertiary/aromatic N) is 1. The number of ketones is 1. The summed E-state index contributed by atoms with van der Waals surface area (Å²) in [5, 5.41) is 0. The highest BCUT2D eigenvalue weighted by Gasteiger charge is 2.27. The molecule has 0 amide bonds. The highest BCUT2D eigenvalue weighted by atomic mass is 16.1. The third kappa shape index (κ3) is 5.43. The van der Waals surface area contributed by atoms with Crippen LogP contribution in [0, 0.1) is 10.8 Å². The van der Waals surface area contributed by atoms with Crippen molar-refractivity contribution in [2.24, 2.45) is 15.8 Å². The molecule has 0 aliphatic carbocycles. The van der Waals surface area contributed by atoms with Crippen molar-refractivity contribution < 1.29 is 4.79 Å². The minimum absolute atomic E-state index is 0.00389. The Labute approximate surface area is 101 Å². The number of carbonyl (C=O) groups is 1. The molecular weight excluding hydrogens is 198 g/mol. The third-order valence-electron chi connectivity index (χ3n) is 2.56. The van der Waals surface area contributed by atoms with Crippen LogP contribution in [-0.2, 0) is 4.79 Å². The van der Waals surface area contributed by atoms with E-state index in [0.29, 0.717) is 6.42 Å². The van der Waals surface area contributed by atoms with Crippen molar-refractivity contribution in [3.8, 4) is 0 Å². The summed E-state index contributed by atoms with van der Waals surface area (Å²) in [5.74, 6) is 0.275. The van der Waals surface area contributed by atoms with Crippen LogP contribution >= 0.6 is 0 Å². The average Bonchev–Trinajstić information content (AvgIpc) is 2.08. The number of hydrogen-bond acceptors (Lipinski definition) is 2. The van der Waals surface area contributed by atoms with Gasteiger partial charge in [0.05, 0.1) is 0 Å². The van der Waals surface area contributed by atoms with Crippen LogP contribution in [0.1, 0.15) is 61.3 Å². The van der Waals surface area contributed by atoms with Gasteiger partial charge in [0.1, 0.15) is 5.78 Å². The predicted octanol–water partition coefficient (Wildman–Crippen LogP) is 3.89. The molecule has 0 aromatic rings. The van der Waals surface area contributed by atoms with Gasteiger partial charge in [0.2, 0.25) is 0 Å². The molecule has 0 radical (unpaired) electrons. The largest absolute Gasteiger partial charge is 0.299 e. The SMILES string of the molecule is CCCN=C(CC(=O)C(C)(C)C)C(C)(C)C. The standard InChI is InChI=1S/C14H27NO/c1-8-9-15-11(13(2,3)4)10-12(16)14(5,6)7/h8-10H2,1-7H3. The first kappa shape index (κ1) is 15.3. The van der Waals surface area contributed by atoms with Gasteiger partial charge >= 0.3 is 0 Å². The van der Waals surface area contributed by atoms with Crippen LogP contribution in [0.5, 0.6) is 0 Å². The van der Waals surface area contributed by atoms with Crippen molar-refractivity contribution in [3.63, 3.8) is 0 Å². The van der Waals surface area contributed by atoms with Gasteiger partial charge in [-0.25, -0.2) is 0 Å². The second kappa shape index (κ2) is 5.60. The van der Waals surface area contributed by atoms with Gasteiger partial charge in [0.25, 0.3) is 0 Å². The molecule has 0 rings (SSSR count). The Bertz CT molecular complexity index is 263. The summed E-state index contributed by atoms with van der Waals surface area (Å²) in [7, 11) is 0. The van der Waals surface area contributed by atoms with E-state index in [0.717, 1.165) is 18.7 Å². The van der Waals surface area contributed by atoms with Crippen molar-refractivity contribution >= 4 is 11.5 Å². The third-order valence-corrected chi connectivity index (χ3v) is 2.56. The Morgan fingerprint density at radius 2 is 1.50 bits per heavy atom. The molecule has 0 aromatic carbocycles. The van der Waals surface area contributed by atoms with Crippen molar-refractivity contribution in [2.45, 2.75) is 61.3 Å². The lowest BCUT2D eigenvalue weighted by molar-refractivity contribution is -0.125. The fraction of sp³-hybridized carbons (Fsp3) is 0.857. The molecule has 0 saturated carbocycles. The minimum Gasteiger partial charge on any atom is -0.299 e. The summed E-state index contributed by atoms with van der Waals surface area (Å²) in [6, 6.07) is 0. The fourth-order valence-electron chi connectivity index (χ4n) is 1.22. The Hall–Kier alpha value is -0.660. The molecule has 0 saturated heterocycles. The van der Waals surface area contributed by atoms with Crippen LogP contribution in [0.2, 0.25) is 0 Å². The first-order valence-electron chi connectivity index (χ1n) is 6.16. The van der Waals surface area contributed by atoms with E-state index in [-0.39, 0.29) is 16.6 Å². The van der Waals surface area contributed by atoms with E-state index < -0.39 is 0 Å². The van der Waals surface area contributed by atoms with Crippen LogP contribution in [-0.4, -0.2) is 18.0 Å². The first-order chi connectivity index (χ1) is 7.09. The summed E-state index contributed by atoms with van der Waals surface area (Å²) in [5.41, 5.74) is 0.767. The maximum Gasteiger partial charge on any atom is 0.143 e. The zero-order chi connectivity index (χ0) is 13.0. The number of carbonyl (C=O) groups excluding carboxylic acids is 1. The fourth-order valence-corrected chi connectivity index (χ4v) is 1.22. The average molecular weight is 225 g/mol. The van der Waals surface area contributed by atoms with Crippen molar-refractivity contribution in [3.05, 3.63) is 0 Å². The summed E-state index contributed by atoms with van der Waals surface area (Å²) < 4.78 is 0. The van der Waals surface area contributed by atoms with Crippen LogP contribution in [0.25, 0.3) is 0 Å². The Kier molecular flexibility index (Phi) is 5.37. The van der Waals surface area contributed by atoms with E-state index >= 15 is 0 Å². The lowest BCUT2D eigenvalue weighted by Crippen LogP contribution is -2.29. The van der Waals surface area contributed by atoms with Gasteiger partial charge in [-0.2, -0.15) is 0 Å². The highest BCUT2D eigenvalue weighted by Crippen LogP contribution is 2.24. The smallest absolute Gasteiger partial charge is 0.143 e. The van der Waals surface area contributed by atoms with Crippen molar-refractivity contribution in [2.75, 3.05) is 6.54 Å². The number of hydrogen-bond donors (Lipinski definition) is 0. The zero-order valence-corrected chi connectivity index (χ0v) is 12.0. The second-order valence-electron chi connectivity index (χ2n) is 6.43. The second-order valence-corrected chi connectivity index (χ2v) is 6.43. The van der Waals surface area contributed by atoms with E-state index in [4.69, 9.17) is 0 Å². The molecule has 16 heavy (non-hydrogen) atoms. The highest BCUT2D eigenvalue weighted by molar-refractivity contribution is 6.06. The van der Waals surface area contributed by atoms with E-state index in [1.54, 1.807) is 0 Å². The van der Waals surface area contributed by atoms with Gasteiger partial charge in [0.15, 0.2) is 0 Å². The summed E-state index contributed by atoms with van der Waals surface area (Å²) in [4.78, 5) is 16.6. The van der Waals surface area contributed by atoms with Gasteiger partial charge in [-0.1, -0.05) is 48.5 Å². The van der Waals surface area contributed by atoms with Gasteiger partial charge in [-0.15, -0.1) is 0 Å². The number of aliphatic imine (C=N–C) groups is 1. The van der Waals surface area contributed by atoms with Gasteiger partial charge < -0.3 is 0 Å². The molecule has 0 aromatic heterocycles. The predicted molar refractivity (Wildman–Crippen MR) is 71.1 cm³/mol. The maximum absolute atomic E-state index is 12.0. The van der Waals surface area contributed by atoms with Crippen molar-refractivity contribution in [1.82, 2.24) is 0 Å². The summed E-state index contributed by atoms with van der Waals surface area (Å²) >= 11 is 0. The zero-order valence-electron chi connectivity index (χ0n) is 12.0. The monoisotopic (exact) mass is 225 g/mol. The van der Waals surface area contributed by atoms with Gasteiger partial charge in [-0.3, -0.25) is 9.79 Å². The Morgan fingerprint density at radius 1 is 1.00 bits per heavy atom. The van der Waals surface area contributed by atoms with Crippen LogP contribution in [0.3, 0.4) is 0 Å². The topological polar surface area (TPSA) is 29.4 Å². The molecule has 94 valence electrons. The number of Topliss-reactive ketones (excluding diaryl/α,β-unsaturated/α-hetero) is 1. The van der Waals surface area contributed by atoms with E-state index in [9.17, 15) is 4.79 Å². The molecule has 0 heterocycles. The molecule has 0 fully saturated rings. The van der Waals surface area contributed by atoms with Crippen LogP contribution < -0.4 is 0 Å². The number of rotatable bonds is 4. The molecule has 0 aliphatic rings.